The Morgan fingerprint density at radius 3 is 2.62 bits per heavy atom. The molecule has 0 aromatic carbocycles. The molecule has 2 heteroatoms. The summed E-state index contributed by atoms with van der Waals surface area (Å²) < 4.78 is 0. The molecule has 2 aliphatic rings. The van der Waals surface area contributed by atoms with Gasteiger partial charge in [-0.05, 0) is 36.7 Å². The quantitative estimate of drug-likeness (QED) is 0.617. The van der Waals surface area contributed by atoms with E-state index in [9.17, 15) is 0 Å². The molecule has 90 valence electrons. The fourth-order valence-electron chi connectivity index (χ4n) is 3.87. The molecule has 0 N–H and O–H groups in total. The van der Waals surface area contributed by atoms with Gasteiger partial charge in [-0.1, -0.05) is 37.9 Å². The van der Waals surface area contributed by atoms with Crippen molar-refractivity contribution in [2.24, 2.45) is 21.9 Å². The molecule has 0 aromatic heterocycles. The van der Waals surface area contributed by atoms with Crippen LogP contribution in [0.25, 0.3) is 0 Å². The lowest BCUT2D eigenvalue weighted by molar-refractivity contribution is 0.0804. The molecule has 2 aliphatic carbocycles. The molecule has 0 bridgehead atoms. The molecule has 0 aliphatic heterocycles. The highest BCUT2D eigenvalue weighted by atomic mass is 16.6. The summed E-state index contributed by atoms with van der Waals surface area (Å²) in [7, 11) is 1.64. The summed E-state index contributed by atoms with van der Waals surface area (Å²) in [5.41, 5.74) is 3.26. The van der Waals surface area contributed by atoms with E-state index < -0.39 is 0 Å². The van der Waals surface area contributed by atoms with Gasteiger partial charge in [0.05, 0.1) is 5.71 Å². The first-order valence-electron chi connectivity index (χ1n) is 6.21. The van der Waals surface area contributed by atoms with Crippen molar-refractivity contribution in [3.63, 3.8) is 0 Å². The van der Waals surface area contributed by atoms with Crippen LogP contribution >= 0.6 is 0 Å². The van der Waals surface area contributed by atoms with Crippen LogP contribution in [0.5, 0.6) is 0 Å². The number of rotatable bonds is 1. The standard InChI is InChI=1S/C14H23NO/c1-10-9-11(15-16-5)12-13(2,3)7-6-8-14(10,12)4/h9,12H,6-8H2,1-5H3/t12-,14-/m0/s1. The zero-order valence-electron chi connectivity index (χ0n) is 11.1. The molecule has 1 saturated carbocycles. The highest BCUT2D eigenvalue weighted by Gasteiger charge is 2.52. The Labute approximate surface area is 98.7 Å². The molecule has 0 spiro atoms. The molecule has 0 radical (unpaired) electrons. The van der Waals surface area contributed by atoms with Crippen molar-refractivity contribution < 1.29 is 4.84 Å². The lowest BCUT2D eigenvalue weighted by Crippen LogP contribution is -2.43. The van der Waals surface area contributed by atoms with Crippen LogP contribution < -0.4 is 0 Å². The van der Waals surface area contributed by atoms with E-state index in [1.807, 2.05) is 0 Å². The van der Waals surface area contributed by atoms with E-state index in [1.54, 1.807) is 7.11 Å². The number of fused-ring (bicyclic) bond motifs is 1. The molecule has 16 heavy (non-hydrogen) atoms. The molecule has 0 aromatic rings. The van der Waals surface area contributed by atoms with Crippen LogP contribution in [0, 0.1) is 16.7 Å². The maximum absolute atomic E-state index is 5.00. The van der Waals surface area contributed by atoms with Crippen molar-refractivity contribution in [1.29, 1.82) is 0 Å². The van der Waals surface area contributed by atoms with Gasteiger partial charge in [0.1, 0.15) is 7.11 Å². The largest absolute Gasteiger partial charge is 0.399 e. The van der Waals surface area contributed by atoms with E-state index in [2.05, 4.69) is 38.9 Å². The predicted octanol–water partition coefficient (Wildman–Crippen LogP) is 3.78. The van der Waals surface area contributed by atoms with E-state index in [1.165, 1.54) is 24.8 Å². The third-order valence-corrected chi connectivity index (χ3v) is 4.69. The van der Waals surface area contributed by atoms with Gasteiger partial charge in [0.15, 0.2) is 0 Å². The smallest absolute Gasteiger partial charge is 0.106 e. The summed E-state index contributed by atoms with van der Waals surface area (Å²) in [6, 6.07) is 0. The first-order valence-corrected chi connectivity index (χ1v) is 6.21. The summed E-state index contributed by atoms with van der Waals surface area (Å²) in [6.07, 6.45) is 6.13. The molecule has 0 saturated heterocycles. The lowest BCUT2D eigenvalue weighted by Gasteiger charge is -2.48. The van der Waals surface area contributed by atoms with Crippen LogP contribution in [0.3, 0.4) is 0 Å². The zero-order chi connectivity index (χ0) is 12.0. The highest BCUT2D eigenvalue weighted by molar-refractivity contribution is 6.01. The van der Waals surface area contributed by atoms with Gasteiger partial charge in [-0.2, -0.15) is 0 Å². The zero-order valence-corrected chi connectivity index (χ0v) is 11.1. The highest BCUT2D eigenvalue weighted by Crippen LogP contribution is 2.58. The van der Waals surface area contributed by atoms with Crippen molar-refractivity contribution in [3.05, 3.63) is 11.6 Å². The van der Waals surface area contributed by atoms with Crippen molar-refractivity contribution in [2.75, 3.05) is 7.11 Å². The van der Waals surface area contributed by atoms with Crippen molar-refractivity contribution in [1.82, 2.24) is 0 Å². The molecule has 2 rings (SSSR count). The summed E-state index contributed by atoms with van der Waals surface area (Å²) in [4.78, 5) is 5.00. The lowest BCUT2D eigenvalue weighted by atomic mass is 9.56. The average molecular weight is 221 g/mol. The Morgan fingerprint density at radius 2 is 2.00 bits per heavy atom. The first-order chi connectivity index (χ1) is 7.42. The van der Waals surface area contributed by atoms with Gasteiger partial charge in [0.25, 0.3) is 0 Å². The normalized spacial score (nSPS) is 39.4. The van der Waals surface area contributed by atoms with Gasteiger partial charge in [0.2, 0.25) is 0 Å². The van der Waals surface area contributed by atoms with Gasteiger partial charge < -0.3 is 4.84 Å². The molecule has 0 unspecified atom stereocenters. The molecule has 1 fully saturated rings. The second kappa shape index (κ2) is 3.61. The second-order valence-corrected chi connectivity index (χ2v) is 6.22. The number of oxime groups is 1. The van der Waals surface area contributed by atoms with Crippen LogP contribution in [-0.2, 0) is 4.84 Å². The Balaban J connectivity index is 2.45. The number of hydrogen-bond acceptors (Lipinski definition) is 2. The van der Waals surface area contributed by atoms with Gasteiger partial charge in [-0.25, -0.2) is 0 Å². The Hall–Kier alpha value is -0.790. The molecule has 2 nitrogen and oxygen atoms in total. The second-order valence-electron chi connectivity index (χ2n) is 6.22. The van der Waals surface area contributed by atoms with E-state index >= 15 is 0 Å². The third kappa shape index (κ3) is 1.50. The fraction of sp³-hybridized carbons (Fsp3) is 0.786. The van der Waals surface area contributed by atoms with E-state index in [4.69, 9.17) is 4.84 Å². The molecule has 0 heterocycles. The molecule has 2 atom stereocenters. The van der Waals surface area contributed by atoms with Crippen LogP contribution in [0.1, 0.15) is 47.0 Å². The third-order valence-electron chi connectivity index (χ3n) is 4.69. The minimum Gasteiger partial charge on any atom is -0.399 e. The maximum Gasteiger partial charge on any atom is 0.106 e. The van der Waals surface area contributed by atoms with Crippen molar-refractivity contribution >= 4 is 5.71 Å². The average Bonchev–Trinajstić information content (AvgIpc) is 2.40. The van der Waals surface area contributed by atoms with Gasteiger partial charge in [0, 0.05) is 5.92 Å². The number of allylic oxidation sites excluding steroid dienone is 2. The predicted molar refractivity (Wildman–Crippen MR) is 67.4 cm³/mol. The topological polar surface area (TPSA) is 21.6 Å². The van der Waals surface area contributed by atoms with E-state index in [0.717, 1.165) is 5.71 Å². The van der Waals surface area contributed by atoms with Crippen molar-refractivity contribution in [3.8, 4) is 0 Å². The Kier molecular flexibility index (Phi) is 2.64. The Morgan fingerprint density at radius 1 is 1.31 bits per heavy atom. The molecular weight excluding hydrogens is 198 g/mol. The SMILES string of the molecule is CON=C1C=C(C)[C@]2(C)CCCC(C)(C)[C@H]12. The minimum absolute atomic E-state index is 0.305. The van der Waals surface area contributed by atoms with Crippen LogP contribution in [-0.4, -0.2) is 12.8 Å². The Bertz CT molecular complexity index is 354. The number of nitrogens with zero attached hydrogens (tertiary/aromatic N) is 1. The van der Waals surface area contributed by atoms with E-state index in [0.29, 0.717) is 16.7 Å². The minimum atomic E-state index is 0.305. The van der Waals surface area contributed by atoms with Crippen LogP contribution in [0.15, 0.2) is 16.8 Å². The van der Waals surface area contributed by atoms with Gasteiger partial charge >= 0.3 is 0 Å². The van der Waals surface area contributed by atoms with E-state index in [-0.39, 0.29) is 0 Å². The summed E-state index contributed by atoms with van der Waals surface area (Å²) in [5, 5.41) is 4.24. The monoisotopic (exact) mass is 221 g/mol. The summed E-state index contributed by atoms with van der Waals surface area (Å²) in [6.45, 7) is 9.37. The summed E-state index contributed by atoms with van der Waals surface area (Å²) >= 11 is 0. The first kappa shape index (κ1) is 11.7. The molecular formula is C14H23NO. The maximum atomic E-state index is 5.00. The fourth-order valence-corrected chi connectivity index (χ4v) is 3.87. The number of hydrogen-bond donors (Lipinski definition) is 0. The van der Waals surface area contributed by atoms with Gasteiger partial charge in [-0.3, -0.25) is 0 Å². The van der Waals surface area contributed by atoms with Gasteiger partial charge in [-0.15, -0.1) is 0 Å². The van der Waals surface area contributed by atoms with Crippen molar-refractivity contribution in [2.45, 2.75) is 47.0 Å². The van der Waals surface area contributed by atoms with Crippen LogP contribution in [0.2, 0.25) is 0 Å². The summed E-state index contributed by atoms with van der Waals surface area (Å²) in [5.74, 6) is 0.522. The van der Waals surface area contributed by atoms with Crippen LogP contribution in [0.4, 0.5) is 0 Å². The molecule has 0 amide bonds.